The maximum absolute atomic E-state index is 11.7. The van der Waals surface area contributed by atoms with Crippen molar-refractivity contribution < 1.29 is 9.53 Å². The van der Waals surface area contributed by atoms with Crippen molar-refractivity contribution in [3.05, 3.63) is 23.9 Å². The van der Waals surface area contributed by atoms with Crippen LogP contribution in [-0.2, 0) is 24.8 Å². The van der Waals surface area contributed by atoms with Gasteiger partial charge in [0.05, 0.1) is 31.5 Å². The molecular weight excluding hydrogens is 308 g/mol. The molecule has 0 aliphatic carbocycles. The second-order valence-electron chi connectivity index (χ2n) is 5.39. The molecule has 0 bridgehead atoms. The number of nitrogens with zero attached hydrogens (tertiary/aromatic N) is 4. The Morgan fingerprint density at radius 1 is 1.46 bits per heavy atom. The van der Waals surface area contributed by atoms with E-state index in [0.29, 0.717) is 24.9 Å². The van der Waals surface area contributed by atoms with Crippen molar-refractivity contribution in [3.63, 3.8) is 0 Å². The third kappa shape index (κ3) is 5.29. The lowest BCUT2D eigenvalue weighted by molar-refractivity contribution is -0.127. The van der Waals surface area contributed by atoms with Gasteiger partial charge < -0.3 is 20.3 Å². The molecule has 8 heteroatoms. The Kier molecular flexibility index (Phi) is 7.81. The number of aliphatic imine (C=N–C) groups is 1. The van der Waals surface area contributed by atoms with E-state index in [1.165, 1.54) is 4.90 Å². The smallest absolute Gasteiger partial charge is 0.241 e. The number of aryl methyl sites for hydroxylation is 2. The molecule has 0 aliphatic rings. The van der Waals surface area contributed by atoms with E-state index in [-0.39, 0.29) is 12.5 Å². The number of aromatic nitrogens is 2. The Labute approximate surface area is 143 Å². The van der Waals surface area contributed by atoms with E-state index in [2.05, 4.69) is 27.3 Å². The predicted octanol–water partition coefficient (Wildman–Crippen LogP) is 0.301. The van der Waals surface area contributed by atoms with Crippen molar-refractivity contribution in [1.29, 1.82) is 0 Å². The monoisotopic (exact) mass is 336 g/mol. The van der Waals surface area contributed by atoms with E-state index in [9.17, 15) is 4.79 Å². The SMILES string of the molecule is C=CCNC(=NCc1c(CC)nn(C)c1OC)NCC(=O)N(C)C. The summed E-state index contributed by atoms with van der Waals surface area (Å²) in [4.78, 5) is 17.8. The highest BCUT2D eigenvalue weighted by molar-refractivity contribution is 5.86. The van der Waals surface area contributed by atoms with E-state index in [1.807, 2.05) is 14.0 Å². The molecule has 0 aromatic carbocycles. The molecule has 8 nitrogen and oxygen atoms in total. The van der Waals surface area contributed by atoms with Gasteiger partial charge in [-0.1, -0.05) is 13.0 Å². The summed E-state index contributed by atoms with van der Waals surface area (Å²) in [5.41, 5.74) is 1.90. The van der Waals surface area contributed by atoms with Crippen LogP contribution in [-0.4, -0.2) is 60.8 Å². The highest BCUT2D eigenvalue weighted by atomic mass is 16.5. The van der Waals surface area contributed by atoms with Crippen LogP contribution in [0.15, 0.2) is 17.6 Å². The lowest BCUT2D eigenvalue weighted by Crippen LogP contribution is -2.43. The Balaban J connectivity index is 2.90. The number of amides is 1. The molecule has 24 heavy (non-hydrogen) atoms. The summed E-state index contributed by atoms with van der Waals surface area (Å²) in [7, 11) is 6.89. The molecule has 0 fully saturated rings. The molecule has 1 aromatic rings. The Morgan fingerprint density at radius 3 is 2.71 bits per heavy atom. The first-order valence-corrected chi connectivity index (χ1v) is 7.86. The van der Waals surface area contributed by atoms with Crippen LogP contribution >= 0.6 is 0 Å². The standard InChI is InChI=1S/C16H28N6O2/c1-7-9-17-16(19-11-14(23)21(3)4)18-10-12-13(8-2)20-22(5)15(12)24-6/h7H,1,8-11H2,2-6H3,(H2,17,18,19). The quantitative estimate of drug-likeness (QED) is 0.405. The number of hydrogen-bond acceptors (Lipinski definition) is 4. The van der Waals surface area contributed by atoms with Crippen LogP contribution in [0.25, 0.3) is 0 Å². The number of carbonyl (C=O) groups excluding carboxylic acids is 1. The number of methoxy groups -OCH3 is 1. The number of guanidine groups is 1. The fourth-order valence-corrected chi connectivity index (χ4v) is 2.12. The summed E-state index contributed by atoms with van der Waals surface area (Å²) in [6, 6.07) is 0. The molecule has 0 spiro atoms. The summed E-state index contributed by atoms with van der Waals surface area (Å²) in [6.45, 7) is 6.84. The van der Waals surface area contributed by atoms with Gasteiger partial charge in [0.15, 0.2) is 5.96 Å². The van der Waals surface area contributed by atoms with Crippen molar-refractivity contribution in [3.8, 4) is 5.88 Å². The van der Waals surface area contributed by atoms with Crippen molar-refractivity contribution in [1.82, 2.24) is 25.3 Å². The van der Waals surface area contributed by atoms with Gasteiger partial charge in [-0.2, -0.15) is 5.10 Å². The molecule has 1 amide bonds. The number of hydrogen-bond donors (Lipinski definition) is 2. The van der Waals surface area contributed by atoms with E-state index in [4.69, 9.17) is 4.74 Å². The number of rotatable bonds is 8. The second kappa shape index (κ2) is 9.59. The lowest BCUT2D eigenvalue weighted by Gasteiger charge is -2.14. The third-order valence-electron chi connectivity index (χ3n) is 3.41. The summed E-state index contributed by atoms with van der Waals surface area (Å²) in [5, 5.41) is 10.6. The largest absolute Gasteiger partial charge is 0.481 e. The number of carbonyl (C=O) groups is 1. The van der Waals surface area contributed by atoms with Crippen LogP contribution < -0.4 is 15.4 Å². The van der Waals surface area contributed by atoms with Gasteiger partial charge in [0.1, 0.15) is 0 Å². The van der Waals surface area contributed by atoms with Crippen LogP contribution in [0.2, 0.25) is 0 Å². The van der Waals surface area contributed by atoms with Crippen LogP contribution in [0.5, 0.6) is 5.88 Å². The van der Waals surface area contributed by atoms with Crippen molar-refractivity contribution >= 4 is 11.9 Å². The van der Waals surface area contributed by atoms with Crippen LogP contribution in [0, 0.1) is 0 Å². The summed E-state index contributed by atoms with van der Waals surface area (Å²) >= 11 is 0. The first-order valence-electron chi connectivity index (χ1n) is 7.86. The zero-order valence-corrected chi connectivity index (χ0v) is 15.2. The second-order valence-corrected chi connectivity index (χ2v) is 5.39. The van der Waals surface area contributed by atoms with Gasteiger partial charge in [-0.15, -0.1) is 6.58 Å². The first kappa shape index (κ1) is 19.5. The highest BCUT2D eigenvalue weighted by Gasteiger charge is 2.15. The number of nitrogens with one attached hydrogen (secondary N) is 2. The molecule has 1 aromatic heterocycles. The average molecular weight is 336 g/mol. The topological polar surface area (TPSA) is 83.8 Å². The van der Waals surface area contributed by atoms with Crippen molar-refractivity contribution in [2.24, 2.45) is 12.0 Å². The maximum Gasteiger partial charge on any atom is 0.241 e. The minimum absolute atomic E-state index is 0.0312. The van der Waals surface area contributed by atoms with Crippen molar-refractivity contribution in [2.45, 2.75) is 19.9 Å². The van der Waals surface area contributed by atoms with Gasteiger partial charge in [0, 0.05) is 27.7 Å². The van der Waals surface area contributed by atoms with Gasteiger partial charge >= 0.3 is 0 Å². The van der Waals surface area contributed by atoms with Crippen LogP contribution in [0.4, 0.5) is 0 Å². The minimum atomic E-state index is -0.0312. The average Bonchev–Trinajstić information content (AvgIpc) is 2.88. The molecule has 0 unspecified atom stereocenters. The minimum Gasteiger partial charge on any atom is -0.481 e. The van der Waals surface area contributed by atoms with Gasteiger partial charge in [-0.25, -0.2) is 9.67 Å². The van der Waals surface area contributed by atoms with Crippen LogP contribution in [0.3, 0.4) is 0 Å². The van der Waals surface area contributed by atoms with Gasteiger partial charge in [-0.3, -0.25) is 4.79 Å². The van der Waals surface area contributed by atoms with Crippen LogP contribution in [0.1, 0.15) is 18.2 Å². The number of ether oxygens (including phenoxy) is 1. The van der Waals surface area contributed by atoms with E-state index in [1.54, 1.807) is 32.0 Å². The fraction of sp³-hybridized carbons (Fsp3) is 0.562. The molecule has 1 rings (SSSR count). The molecule has 0 atom stereocenters. The molecule has 0 aliphatic heterocycles. The Morgan fingerprint density at radius 2 is 2.17 bits per heavy atom. The summed E-state index contributed by atoms with van der Waals surface area (Å²) in [5.74, 6) is 1.21. The first-order chi connectivity index (χ1) is 11.4. The number of likely N-dealkylation sites (N-methyl/N-ethyl adjacent to an activating group) is 1. The molecule has 134 valence electrons. The Bertz CT molecular complexity index is 592. The lowest BCUT2D eigenvalue weighted by atomic mass is 10.2. The zero-order chi connectivity index (χ0) is 18.1. The molecule has 0 saturated carbocycles. The summed E-state index contributed by atoms with van der Waals surface area (Å²) in [6.07, 6.45) is 2.52. The Hall–Kier alpha value is -2.51. The van der Waals surface area contributed by atoms with Gasteiger partial charge in [-0.05, 0) is 6.42 Å². The van der Waals surface area contributed by atoms with Gasteiger partial charge in [0.25, 0.3) is 0 Å². The molecule has 0 radical (unpaired) electrons. The molecule has 0 saturated heterocycles. The predicted molar refractivity (Wildman–Crippen MR) is 95.2 cm³/mol. The fourth-order valence-electron chi connectivity index (χ4n) is 2.12. The van der Waals surface area contributed by atoms with E-state index in [0.717, 1.165) is 17.7 Å². The molecule has 1 heterocycles. The zero-order valence-electron chi connectivity index (χ0n) is 15.2. The van der Waals surface area contributed by atoms with Gasteiger partial charge in [0.2, 0.25) is 11.8 Å². The normalized spacial score (nSPS) is 11.1. The van der Waals surface area contributed by atoms with Crippen molar-refractivity contribution in [2.75, 3.05) is 34.3 Å². The molecule has 2 N–H and O–H groups in total. The third-order valence-corrected chi connectivity index (χ3v) is 3.41. The van der Waals surface area contributed by atoms with E-state index < -0.39 is 0 Å². The highest BCUT2D eigenvalue weighted by Crippen LogP contribution is 2.22. The summed E-state index contributed by atoms with van der Waals surface area (Å²) < 4.78 is 7.13. The molecular formula is C16H28N6O2. The van der Waals surface area contributed by atoms with E-state index >= 15 is 0 Å². The maximum atomic E-state index is 11.7.